The summed E-state index contributed by atoms with van der Waals surface area (Å²) in [6, 6.07) is 10.6. The molecule has 9 heteroatoms. The van der Waals surface area contributed by atoms with E-state index in [1.165, 1.54) is 6.07 Å². The fourth-order valence-corrected chi connectivity index (χ4v) is 2.92. The van der Waals surface area contributed by atoms with Gasteiger partial charge in [0, 0.05) is 16.5 Å². The van der Waals surface area contributed by atoms with Gasteiger partial charge in [0.1, 0.15) is 0 Å². The van der Waals surface area contributed by atoms with Crippen molar-refractivity contribution in [3.05, 3.63) is 64.7 Å². The van der Waals surface area contributed by atoms with Crippen LogP contribution in [0.3, 0.4) is 0 Å². The number of hydrogen-bond acceptors (Lipinski definition) is 5. The largest absolute Gasteiger partial charge is 0.340 e. The first-order valence-electron chi connectivity index (χ1n) is 8.12. The monoisotopic (exact) mass is 390 g/mol. The third-order valence-corrected chi connectivity index (χ3v) is 4.57. The summed E-state index contributed by atoms with van der Waals surface area (Å²) in [4.78, 5) is 16.3. The lowest BCUT2D eigenvalue weighted by Gasteiger charge is -2.04. The van der Waals surface area contributed by atoms with Crippen LogP contribution in [0.5, 0.6) is 0 Å². The molecule has 0 bridgehead atoms. The molecule has 1 fully saturated rings. The molecule has 1 aromatic heterocycles. The number of hydrogen-bond donors (Lipinski definition) is 2. The molecule has 2 atom stereocenters. The topological polar surface area (TPSA) is 80.0 Å². The molecule has 3 aromatic rings. The van der Waals surface area contributed by atoms with Gasteiger partial charge in [0.2, 0.25) is 11.7 Å². The van der Waals surface area contributed by atoms with Crippen LogP contribution in [-0.2, 0) is 4.79 Å². The van der Waals surface area contributed by atoms with Crippen LogP contribution in [0.4, 0.5) is 14.8 Å². The summed E-state index contributed by atoms with van der Waals surface area (Å²) in [7, 11) is 0. The van der Waals surface area contributed by atoms with Crippen molar-refractivity contribution in [3.63, 3.8) is 0 Å². The van der Waals surface area contributed by atoms with Gasteiger partial charge >= 0.3 is 6.01 Å². The zero-order chi connectivity index (χ0) is 19.0. The molecule has 4 rings (SSSR count). The van der Waals surface area contributed by atoms with Crippen molar-refractivity contribution in [2.24, 2.45) is 5.92 Å². The lowest BCUT2D eigenvalue weighted by molar-refractivity contribution is -0.121. The highest BCUT2D eigenvalue weighted by Crippen LogP contribution is 2.47. The number of halogens is 3. The Balaban J connectivity index is 1.34. The lowest BCUT2D eigenvalue weighted by atomic mass is 10.1. The van der Waals surface area contributed by atoms with Crippen molar-refractivity contribution in [2.75, 3.05) is 5.43 Å². The van der Waals surface area contributed by atoms with Gasteiger partial charge in [0.25, 0.3) is 0 Å². The summed E-state index contributed by atoms with van der Waals surface area (Å²) in [6.07, 6.45) is 0.554. The predicted octanol–water partition coefficient (Wildman–Crippen LogP) is 3.92. The minimum Gasteiger partial charge on any atom is -0.313 e. The van der Waals surface area contributed by atoms with Crippen LogP contribution in [0.15, 0.2) is 47.0 Å². The molecule has 138 valence electrons. The van der Waals surface area contributed by atoms with Crippen LogP contribution in [0.1, 0.15) is 17.9 Å². The number of nitrogens with one attached hydrogen (secondary N) is 2. The summed E-state index contributed by atoms with van der Waals surface area (Å²) in [5.41, 5.74) is 6.35. The van der Waals surface area contributed by atoms with E-state index in [1.54, 1.807) is 24.3 Å². The van der Waals surface area contributed by atoms with E-state index in [9.17, 15) is 13.6 Å². The zero-order valence-corrected chi connectivity index (χ0v) is 14.5. The molecule has 1 heterocycles. The second-order valence-corrected chi connectivity index (χ2v) is 6.60. The number of rotatable bonds is 5. The number of hydrazine groups is 1. The molecule has 2 unspecified atom stereocenters. The highest BCUT2D eigenvalue weighted by Gasteiger charge is 2.44. The number of anilines is 1. The highest BCUT2D eigenvalue weighted by atomic mass is 35.5. The van der Waals surface area contributed by atoms with Crippen molar-refractivity contribution in [1.82, 2.24) is 15.6 Å². The van der Waals surface area contributed by atoms with E-state index in [0.717, 1.165) is 12.1 Å². The quantitative estimate of drug-likeness (QED) is 0.645. The van der Waals surface area contributed by atoms with Crippen LogP contribution in [-0.4, -0.2) is 16.0 Å². The van der Waals surface area contributed by atoms with Gasteiger partial charge in [0.05, 0.1) is 0 Å². The normalized spacial score (nSPS) is 18.2. The summed E-state index contributed by atoms with van der Waals surface area (Å²) in [5.74, 6) is -2.26. The number of aromatic nitrogens is 2. The Morgan fingerprint density at radius 3 is 2.67 bits per heavy atom. The van der Waals surface area contributed by atoms with E-state index in [1.807, 2.05) is 0 Å². The average molecular weight is 391 g/mol. The standard InChI is InChI=1S/C18H13ClF2N4O2/c19-11-4-1-9(2-5-11)16-22-18(27-25-16)24-23-17(26)13-8-12(13)10-3-6-14(20)15(21)7-10/h1-7,12-13H,8H2,(H,23,26)(H,22,24,25). The maximum atomic E-state index is 13.3. The molecule has 0 saturated heterocycles. The van der Waals surface area contributed by atoms with Gasteiger partial charge in [0.15, 0.2) is 11.6 Å². The van der Waals surface area contributed by atoms with Crippen molar-refractivity contribution in [2.45, 2.75) is 12.3 Å². The van der Waals surface area contributed by atoms with Crippen molar-refractivity contribution in [1.29, 1.82) is 0 Å². The summed E-state index contributed by atoms with van der Waals surface area (Å²) in [5, 5.41) is 4.41. The summed E-state index contributed by atoms with van der Waals surface area (Å²) >= 11 is 5.83. The number of carbonyl (C=O) groups is 1. The second-order valence-electron chi connectivity index (χ2n) is 6.17. The third kappa shape index (κ3) is 3.75. The fourth-order valence-electron chi connectivity index (χ4n) is 2.79. The highest BCUT2D eigenvalue weighted by molar-refractivity contribution is 6.30. The molecular formula is C18H13ClF2N4O2. The van der Waals surface area contributed by atoms with E-state index in [2.05, 4.69) is 21.0 Å². The molecule has 1 amide bonds. The van der Waals surface area contributed by atoms with Crippen molar-refractivity contribution in [3.8, 4) is 11.4 Å². The average Bonchev–Trinajstić information content (AvgIpc) is 3.33. The molecule has 2 N–H and O–H groups in total. The van der Waals surface area contributed by atoms with Gasteiger partial charge in [-0.05, 0) is 54.3 Å². The molecule has 2 aromatic carbocycles. The second kappa shape index (κ2) is 6.96. The van der Waals surface area contributed by atoms with Gasteiger partial charge in [-0.2, -0.15) is 4.98 Å². The fraction of sp³-hybridized carbons (Fsp3) is 0.167. The first kappa shape index (κ1) is 17.4. The van der Waals surface area contributed by atoms with E-state index in [-0.39, 0.29) is 23.8 Å². The molecule has 1 saturated carbocycles. The third-order valence-electron chi connectivity index (χ3n) is 4.32. The molecule has 0 radical (unpaired) electrons. The summed E-state index contributed by atoms with van der Waals surface area (Å²) < 4.78 is 31.3. The van der Waals surface area contributed by atoms with Crippen molar-refractivity contribution >= 4 is 23.5 Å². The minimum atomic E-state index is -0.919. The first-order valence-corrected chi connectivity index (χ1v) is 8.49. The molecule has 6 nitrogen and oxygen atoms in total. The number of nitrogens with zero attached hydrogens (tertiary/aromatic N) is 2. The molecule has 0 aliphatic heterocycles. The first-order chi connectivity index (χ1) is 13.0. The molecule has 27 heavy (non-hydrogen) atoms. The maximum Gasteiger partial charge on any atom is 0.340 e. The number of benzene rings is 2. The minimum absolute atomic E-state index is 0.0262. The van der Waals surface area contributed by atoms with Gasteiger partial charge in [-0.3, -0.25) is 10.2 Å². The Morgan fingerprint density at radius 1 is 1.15 bits per heavy atom. The SMILES string of the molecule is O=C(NNc1nc(-c2ccc(Cl)cc2)no1)C1CC1c1ccc(F)c(F)c1. The predicted molar refractivity (Wildman–Crippen MR) is 93.7 cm³/mol. The van der Waals surface area contributed by atoms with Crippen LogP contribution in [0.25, 0.3) is 11.4 Å². The smallest absolute Gasteiger partial charge is 0.313 e. The van der Waals surface area contributed by atoms with Gasteiger partial charge < -0.3 is 4.52 Å². The van der Waals surface area contributed by atoms with Crippen LogP contribution >= 0.6 is 11.6 Å². The Hall–Kier alpha value is -3.00. The molecule has 1 aliphatic rings. The Labute approximate surface area is 157 Å². The summed E-state index contributed by atoms with van der Waals surface area (Å²) in [6.45, 7) is 0. The van der Waals surface area contributed by atoms with Crippen LogP contribution in [0, 0.1) is 17.6 Å². The van der Waals surface area contributed by atoms with E-state index < -0.39 is 11.6 Å². The van der Waals surface area contributed by atoms with E-state index in [0.29, 0.717) is 28.4 Å². The van der Waals surface area contributed by atoms with Crippen molar-refractivity contribution < 1.29 is 18.1 Å². The number of amides is 1. The van der Waals surface area contributed by atoms with Gasteiger partial charge in [-0.25, -0.2) is 14.2 Å². The molecule has 1 aliphatic carbocycles. The van der Waals surface area contributed by atoms with E-state index >= 15 is 0 Å². The Kier molecular flexibility index (Phi) is 4.49. The Bertz CT molecular complexity index is 993. The molecule has 0 spiro atoms. The Morgan fingerprint density at radius 2 is 1.93 bits per heavy atom. The van der Waals surface area contributed by atoms with Gasteiger partial charge in [-0.1, -0.05) is 22.8 Å². The van der Waals surface area contributed by atoms with E-state index in [4.69, 9.17) is 16.1 Å². The van der Waals surface area contributed by atoms with Crippen LogP contribution < -0.4 is 10.9 Å². The maximum absolute atomic E-state index is 13.3. The number of carbonyl (C=O) groups excluding carboxylic acids is 1. The molecular weight excluding hydrogens is 378 g/mol. The van der Waals surface area contributed by atoms with Crippen LogP contribution in [0.2, 0.25) is 5.02 Å². The lowest BCUT2D eigenvalue weighted by Crippen LogP contribution is -2.31. The van der Waals surface area contributed by atoms with Gasteiger partial charge in [-0.15, -0.1) is 0 Å². The zero-order valence-electron chi connectivity index (χ0n) is 13.7.